The number of ether oxygens (including phenoxy) is 2. The van der Waals surface area contributed by atoms with E-state index in [0.29, 0.717) is 13.0 Å². The molecule has 0 heterocycles. The van der Waals surface area contributed by atoms with E-state index in [4.69, 9.17) is 9.47 Å². The molecule has 0 rings (SSSR count). The Bertz CT molecular complexity index is 334. The molecule has 21 heavy (non-hydrogen) atoms. The number of amides is 1. The molecule has 0 aromatic heterocycles. The topological polar surface area (TPSA) is 64.6 Å². The molecule has 0 bridgehead atoms. The molecule has 122 valence electrons. The summed E-state index contributed by atoms with van der Waals surface area (Å²) in [5.41, 5.74) is -0.590. The fourth-order valence-electron chi connectivity index (χ4n) is 1.76. The van der Waals surface area contributed by atoms with E-state index in [9.17, 15) is 9.59 Å². The van der Waals surface area contributed by atoms with Crippen molar-refractivity contribution in [2.24, 2.45) is 0 Å². The lowest BCUT2D eigenvalue weighted by Crippen LogP contribution is -2.44. The van der Waals surface area contributed by atoms with Gasteiger partial charge >= 0.3 is 12.1 Å². The first-order valence-corrected chi connectivity index (χ1v) is 7.57. The Labute approximate surface area is 128 Å². The van der Waals surface area contributed by atoms with Crippen LogP contribution < -0.4 is 5.32 Å². The van der Waals surface area contributed by atoms with Gasteiger partial charge in [-0.15, -0.1) is 6.58 Å². The number of nitrogens with one attached hydrogen (secondary N) is 1. The van der Waals surface area contributed by atoms with Crippen molar-refractivity contribution < 1.29 is 19.1 Å². The molecular weight excluding hydrogens is 270 g/mol. The first-order valence-electron chi connectivity index (χ1n) is 7.57. The zero-order chi connectivity index (χ0) is 16.3. The number of carbonyl (C=O) groups excluding carboxylic acids is 2. The van der Waals surface area contributed by atoms with Crippen molar-refractivity contribution in [3.8, 4) is 0 Å². The Morgan fingerprint density at radius 1 is 1.24 bits per heavy atom. The molecule has 0 saturated heterocycles. The summed E-state index contributed by atoms with van der Waals surface area (Å²) in [6.45, 7) is 11.0. The largest absolute Gasteiger partial charge is 0.464 e. The molecule has 1 N–H and O–H groups in total. The van der Waals surface area contributed by atoms with Gasteiger partial charge in [-0.05, 0) is 47.0 Å². The van der Waals surface area contributed by atoms with Crippen molar-refractivity contribution in [3.63, 3.8) is 0 Å². The number of esters is 1. The number of hydrogen-bond donors (Lipinski definition) is 1. The van der Waals surface area contributed by atoms with Crippen LogP contribution in [0.15, 0.2) is 12.7 Å². The third-order valence-corrected chi connectivity index (χ3v) is 2.66. The highest BCUT2D eigenvalue weighted by atomic mass is 16.6. The normalized spacial score (nSPS) is 12.4. The summed E-state index contributed by atoms with van der Waals surface area (Å²) in [5.74, 6) is -0.410. The van der Waals surface area contributed by atoms with Crippen molar-refractivity contribution in [2.45, 2.75) is 71.4 Å². The van der Waals surface area contributed by atoms with Crippen LogP contribution in [-0.2, 0) is 14.3 Å². The maximum atomic E-state index is 11.9. The summed E-state index contributed by atoms with van der Waals surface area (Å²) in [6.07, 6.45) is 5.66. The van der Waals surface area contributed by atoms with E-state index in [1.807, 2.05) is 6.08 Å². The van der Waals surface area contributed by atoms with E-state index in [-0.39, 0.29) is 0 Å². The van der Waals surface area contributed by atoms with E-state index in [1.165, 1.54) is 0 Å². The van der Waals surface area contributed by atoms with Gasteiger partial charge in [0.2, 0.25) is 0 Å². The first kappa shape index (κ1) is 19.5. The van der Waals surface area contributed by atoms with E-state index in [1.54, 1.807) is 27.7 Å². The zero-order valence-corrected chi connectivity index (χ0v) is 13.7. The van der Waals surface area contributed by atoms with Gasteiger partial charge in [-0.2, -0.15) is 0 Å². The van der Waals surface area contributed by atoms with Gasteiger partial charge in [-0.1, -0.05) is 18.9 Å². The van der Waals surface area contributed by atoms with Crippen LogP contribution in [0.4, 0.5) is 4.79 Å². The minimum Gasteiger partial charge on any atom is -0.464 e. The maximum absolute atomic E-state index is 11.9. The molecule has 1 amide bonds. The van der Waals surface area contributed by atoms with Crippen LogP contribution in [0.25, 0.3) is 0 Å². The summed E-state index contributed by atoms with van der Waals surface area (Å²) in [6, 6.07) is -0.650. The van der Waals surface area contributed by atoms with Crippen LogP contribution in [0.5, 0.6) is 0 Å². The number of hydrogen-bond acceptors (Lipinski definition) is 4. The third-order valence-electron chi connectivity index (χ3n) is 2.66. The summed E-state index contributed by atoms with van der Waals surface area (Å²) in [4.78, 5) is 23.6. The lowest BCUT2D eigenvalue weighted by Gasteiger charge is -2.22. The highest BCUT2D eigenvalue weighted by Gasteiger charge is 2.24. The van der Waals surface area contributed by atoms with Gasteiger partial charge in [-0.3, -0.25) is 0 Å². The van der Waals surface area contributed by atoms with Crippen molar-refractivity contribution in [2.75, 3.05) is 6.61 Å². The summed E-state index contributed by atoms with van der Waals surface area (Å²) in [5, 5.41) is 2.59. The molecule has 0 fully saturated rings. The van der Waals surface area contributed by atoms with Gasteiger partial charge in [0, 0.05) is 0 Å². The molecular formula is C16H29NO4. The molecule has 0 radical (unpaired) electrons. The van der Waals surface area contributed by atoms with Crippen molar-refractivity contribution in [1.82, 2.24) is 5.32 Å². The van der Waals surface area contributed by atoms with Crippen LogP contribution in [0.1, 0.15) is 59.8 Å². The number of alkyl carbamates (subject to hydrolysis) is 1. The molecule has 0 aromatic rings. The minimum atomic E-state index is -0.650. The predicted molar refractivity (Wildman–Crippen MR) is 83.1 cm³/mol. The molecule has 0 aliphatic heterocycles. The van der Waals surface area contributed by atoms with E-state index in [2.05, 4.69) is 11.9 Å². The summed E-state index contributed by atoms with van der Waals surface area (Å²) in [7, 11) is 0. The molecule has 0 aliphatic carbocycles. The Morgan fingerprint density at radius 2 is 1.90 bits per heavy atom. The molecule has 0 spiro atoms. The van der Waals surface area contributed by atoms with Gasteiger partial charge < -0.3 is 14.8 Å². The van der Waals surface area contributed by atoms with Crippen LogP contribution in [0.3, 0.4) is 0 Å². The molecule has 5 heteroatoms. The predicted octanol–water partition coefficient (Wildman–Crippen LogP) is 3.58. The Balaban J connectivity index is 4.35. The maximum Gasteiger partial charge on any atom is 0.408 e. The first-order chi connectivity index (χ1) is 9.80. The van der Waals surface area contributed by atoms with E-state index in [0.717, 1.165) is 25.7 Å². The van der Waals surface area contributed by atoms with E-state index >= 15 is 0 Å². The summed E-state index contributed by atoms with van der Waals surface area (Å²) < 4.78 is 10.2. The fraction of sp³-hybridized carbons (Fsp3) is 0.750. The molecule has 0 aliphatic rings. The highest BCUT2D eigenvalue weighted by molar-refractivity contribution is 5.81. The van der Waals surface area contributed by atoms with Crippen molar-refractivity contribution >= 4 is 12.1 Å². The second-order valence-corrected chi connectivity index (χ2v) is 5.88. The quantitative estimate of drug-likeness (QED) is 0.401. The standard InChI is InChI=1S/C16H29NO4/c1-6-8-9-10-11-12-13(14(18)20-7-2)17-15(19)21-16(3,4)5/h6,13H,1,7-12H2,2-5H3,(H,17,19)/t13-/m1/s1. The molecule has 1 atom stereocenters. The Morgan fingerprint density at radius 3 is 2.43 bits per heavy atom. The average Bonchev–Trinajstić information content (AvgIpc) is 2.35. The zero-order valence-electron chi connectivity index (χ0n) is 13.7. The second-order valence-electron chi connectivity index (χ2n) is 5.88. The van der Waals surface area contributed by atoms with Crippen LogP contribution in [-0.4, -0.2) is 30.3 Å². The SMILES string of the molecule is C=CCCCCC[C@@H](NC(=O)OC(C)(C)C)C(=O)OCC. The van der Waals surface area contributed by atoms with Crippen LogP contribution >= 0.6 is 0 Å². The number of unbranched alkanes of at least 4 members (excludes halogenated alkanes) is 3. The lowest BCUT2D eigenvalue weighted by molar-refractivity contribution is -0.145. The highest BCUT2D eigenvalue weighted by Crippen LogP contribution is 2.10. The van der Waals surface area contributed by atoms with E-state index < -0.39 is 23.7 Å². The second kappa shape index (κ2) is 10.2. The van der Waals surface area contributed by atoms with Crippen molar-refractivity contribution in [3.05, 3.63) is 12.7 Å². The van der Waals surface area contributed by atoms with Crippen LogP contribution in [0.2, 0.25) is 0 Å². The monoisotopic (exact) mass is 299 g/mol. The molecule has 5 nitrogen and oxygen atoms in total. The molecule has 0 aromatic carbocycles. The van der Waals surface area contributed by atoms with Crippen LogP contribution in [0, 0.1) is 0 Å². The Hall–Kier alpha value is -1.52. The molecule has 0 saturated carbocycles. The third kappa shape index (κ3) is 10.9. The van der Waals surface area contributed by atoms with Gasteiger partial charge in [-0.25, -0.2) is 9.59 Å². The van der Waals surface area contributed by atoms with Gasteiger partial charge in [0.1, 0.15) is 11.6 Å². The van der Waals surface area contributed by atoms with Gasteiger partial charge in [0.05, 0.1) is 6.61 Å². The number of carbonyl (C=O) groups is 2. The fourth-order valence-corrected chi connectivity index (χ4v) is 1.76. The van der Waals surface area contributed by atoms with Crippen molar-refractivity contribution in [1.29, 1.82) is 0 Å². The lowest BCUT2D eigenvalue weighted by atomic mass is 10.1. The average molecular weight is 299 g/mol. The number of rotatable bonds is 9. The smallest absolute Gasteiger partial charge is 0.408 e. The molecule has 0 unspecified atom stereocenters. The number of allylic oxidation sites excluding steroid dienone is 1. The summed E-state index contributed by atoms with van der Waals surface area (Å²) >= 11 is 0. The van der Waals surface area contributed by atoms with Gasteiger partial charge in [0.15, 0.2) is 0 Å². The minimum absolute atomic E-state index is 0.293. The van der Waals surface area contributed by atoms with Gasteiger partial charge in [0.25, 0.3) is 0 Å². The Kier molecular flexibility index (Phi) is 9.50.